The molecule has 0 bridgehead atoms. The van der Waals surface area contributed by atoms with E-state index in [4.69, 9.17) is 10.5 Å². The number of aromatic nitrogens is 3. The van der Waals surface area contributed by atoms with E-state index in [0.717, 1.165) is 0 Å². The minimum atomic E-state index is -3.72. The molecule has 33 heavy (non-hydrogen) atoms. The fourth-order valence-electron chi connectivity index (χ4n) is 2.89. The van der Waals surface area contributed by atoms with Gasteiger partial charge >= 0.3 is 6.29 Å². The van der Waals surface area contributed by atoms with E-state index in [1.807, 2.05) is 12.1 Å². The number of methoxy groups -OCH3 is 1. The van der Waals surface area contributed by atoms with Crippen LogP contribution in [0.5, 0.6) is 17.2 Å². The number of nitrogens with zero attached hydrogens (tertiary/aromatic N) is 3. The average molecular weight is 476 g/mol. The van der Waals surface area contributed by atoms with Crippen molar-refractivity contribution in [3.8, 4) is 17.2 Å². The lowest BCUT2D eigenvalue weighted by Gasteiger charge is -2.10. The number of anilines is 4. The zero-order chi connectivity index (χ0) is 23.4. The molecule has 10 nitrogen and oxygen atoms in total. The van der Waals surface area contributed by atoms with Gasteiger partial charge in [0.2, 0.25) is 17.8 Å². The van der Waals surface area contributed by atoms with E-state index in [1.54, 1.807) is 19.2 Å². The molecule has 0 radical (unpaired) electrons. The molecule has 1 aliphatic heterocycles. The van der Waals surface area contributed by atoms with Crippen molar-refractivity contribution in [2.24, 2.45) is 0 Å². The van der Waals surface area contributed by atoms with E-state index >= 15 is 0 Å². The molecular formula is C20H18F2N6O4S. The zero-order valence-electron chi connectivity index (χ0n) is 17.2. The third-order valence-corrected chi connectivity index (χ3v) is 5.13. The second kappa shape index (κ2) is 9.32. The van der Waals surface area contributed by atoms with Crippen LogP contribution in [0, 0.1) is 0 Å². The third-order valence-electron chi connectivity index (χ3n) is 4.20. The van der Waals surface area contributed by atoms with Crippen molar-refractivity contribution < 1.29 is 27.8 Å². The van der Waals surface area contributed by atoms with Gasteiger partial charge in [0.1, 0.15) is 11.6 Å². The Hall–Kier alpha value is -3.87. The Labute approximate surface area is 190 Å². The highest BCUT2D eigenvalue weighted by atomic mass is 32.2. The van der Waals surface area contributed by atoms with Crippen LogP contribution in [0.1, 0.15) is 5.82 Å². The largest absolute Gasteiger partial charge is 0.586 e. The molecule has 2 aromatic carbocycles. The highest BCUT2D eigenvalue weighted by Crippen LogP contribution is 2.42. The van der Waals surface area contributed by atoms with Gasteiger partial charge < -0.3 is 30.6 Å². The van der Waals surface area contributed by atoms with Crippen LogP contribution in [-0.2, 0) is 10.5 Å². The number of fused-ring (bicyclic) bond motifs is 1. The fourth-order valence-corrected chi connectivity index (χ4v) is 3.56. The monoisotopic (exact) mass is 476 g/mol. The van der Waals surface area contributed by atoms with Gasteiger partial charge in [-0.3, -0.25) is 4.79 Å². The van der Waals surface area contributed by atoms with Crippen LogP contribution >= 0.6 is 11.8 Å². The summed E-state index contributed by atoms with van der Waals surface area (Å²) in [6, 6.07) is 11.2. The molecule has 1 amide bonds. The number of ether oxygens (including phenoxy) is 3. The van der Waals surface area contributed by atoms with Gasteiger partial charge in [-0.25, -0.2) is 0 Å². The summed E-state index contributed by atoms with van der Waals surface area (Å²) in [5.41, 5.74) is 6.74. The summed E-state index contributed by atoms with van der Waals surface area (Å²) in [5, 5.41) is 5.64. The highest BCUT2D eigenvalue weighted by molar-refractivity contribution is 7.99. The van der Waals surface area contributed by atoms with Crippen molar-refractivity contribution in [1.82, 2.24) is 15.0 Å². The highest BCUT2D eigenvalue weighted by Gasteiger charge is 2.43. The maximum absolute atomic E-state index is 13.1. The summed E-state index contributed by atoms with van der Waals surface area (Å²) in [6.07, 6.45) is -3.72. The van der Waals surface area contributed by atoms with Crippen molar-refractivity contribution in [3.63, 3.8) is 0 Å². The first-order valence-corrected chi connectivity index (χ1v) is 10.6. The number of para-hydroxylation sites is 2. The number of nitrogens with two attached hydrogens (primary N) is 1. The van der Waals surface area contributed by atoms with Crippen LogP contribution in [0.4, 0.5) is 32.1 Å². The Kier molecular flexibility index (Phi) is 6.31. The predicted octanol–water partition coefficient (Wildman–Crippen LogP) is 3.40. The zero-order valence-corrected chi connectivity index (χ0v) is 18.0. The van der Waals surface area contributed by atoms with Gasteiger partial charge in [-0.2, -0.15) is 15.0 Å². The molecule has 172 valence electrons. The van der Waals surface area contributed by atoms with E-state index in [1.165, 1.54) is 30.0 Å². The predicted molar refractivity (Wildman–Crippen MR) is 118 cm³/mol. The molecular weight excluding hydrogens is 458 g/mol. The number of hydrogen-bond donors (Lipinski definition) is 3. The SMILES string of the molecule is COc1ccccc1Nc1nc(N)nc(CSCC(=O)Nc2ccc3c(c2)OC(F)(F)O3)n1. The molecule has 0 saturated carbocycles. The van der Waals surface area contributed by atoms with Crippen molar-refractivity contribution in [1.29, 1.82) is 0 Å². The number of nitrogen functional groups attached to an aromatic ring is 1. The number of carbonyl (C=O) groups is 1. The number of benzene rings is 2. The summed E-state index contributed by atoms with van der Waals surface area (Å²) in [7, 11) is 1.55. The van der Waals surface area contributed by atoms with Gasteiger partial charge in [-0.1, -0.05) is 12.1 Å². The van der Waals surface area contributed by atoms with Gasteiger partial charge in [0.05, 0.1) is 24.3 Å². The average Bonchev–Trinajstić information content (AvgIpc) is 3.07. The second-order valence-corrected chi connectivity index (χ2v) is 7.61. The Morgan fingerprint density at radius 2 is 1.94 bits per heavy atom. The van der Waals surface area contributed by atoms with Crippen LogP contribution in [0.25, 0.3) is 0 Å². The fraction of sp³-hybridized carbons (Fsp3) is 0.200. The quantitative estimate of drug-likeness (QED) is 0.444. The minimum absolute atomic E-state index is 0.0274. The molecule has 13 heteroatoms. The summed E-state index contributed by atoms with van der Waals surface area (Å²) in [5.74, 6) is 1.00. The first-order chi connectivity index (χ1) is 15.8. The van der Waals surface area contributed by atoms with Crippen LogP contribution in [-0.4, -0.2) is 40.0 Å². The number of thioether (sulfide) groups is 1. The normalized spacial score (nSPS) is 13.4. The maximum Gasteiger partial charge on any atom is 0.586 e. The molecule has 2 heterocycles. The van der Waals surface area contributed by atoms with Crippen LogP contribution in [0.2, 0.25) is 0 Å². The molecule has 0 spiro atoms. The first kappa shape index (κ1) is 22.3. The summed E-state index contributed by atoms with van der Waals surface area (Å²) in [4.78, 5) is 24.7. The van der Waals surface area contributed by atoms with Crippen LogP contribution in [0.15, 0.2) is 42.5 Å². The van der Waals surface area contributed by atoms with E-state index in [2.05, 4.69) is 35.1 Å². The third kappa shape index (κ3) is 5.68. The number of hydrogen-bond acceptors (Lipinski definition) is 10. The van der Waals surface area contributed by atoms with Crippen molar-refractivity contribution in [2.45, 2.75) is 12.0 Å². The van der Waals surface area contributed by atoms with Crippen molar-refractivity contribution in [2.75, 3.05) is 29.2 Å². The first-order valence-electron chi connectivity index (χ1n) is 9.49. The van der Waals surface area contributed by atoms with E-state index in [-0.39, 0.29) is 40.8 Å². The number of nitrogens with one attached hydrogen (secondary N) is 2. The number of carbonyl (C=O) groups excluding carboxylic acids is 1. The lowest BCUT2D eigenvalue weighted by molar-refractivity contribution is -0.286. The topological polar surface area (TPSA) is 134 Å². The minimum Gasteiger partial charge on any atom is -0.495 e. The second-order valence-electron chi connectivity index (χ2n) is 6.63. The number of amides is 1. The van der Waals surface area contributed by atoms with Gasteiger partial charge in [0, 0.05) is 11.8 Å². The van der Waals surface area contributed by atoms with E-state index in [0.29, 0.717) is 22.9 Å². The molecule has 3 aromatic rings. The lowest BCUT2D eigenvalue weighted by Crippen LogP contribution is -2.25. The number of halogens is 2. The molecule has 0 saturated heterocycles. The van der Waals surface area contributed by atoms with Gasteiger partial charge in [0.25, 0.3) is 0 Å². The van der Waals surface area contributed by atoms with Gasteiger partial charge in [-0.05, 0) is 24.3 Å². The Morgan fingerprint density at radius 3 is 2.76 bits per heavy atom. The van der Waals surface area contributed by atoms with E-state index < -0.39 is 6.29 Å². The molecule has 0 unspecified atom stereocenters. The molecule has 0 fully saturated rings. The Balaban J connectivity index is 1.32. The van der Waals surface area contributed by atoms with Gasteiger partial charge in [-0.15, -0.1) is 20.5 Å². The van der Waals surface area contributed by atoms with Crippen LogP contribution < -0.4 is 30.6 Å². The Morgan fingerprint density at radius 1 is 1.15 bits per heavy atom. The van der Waals surface area contributed by atoms with Crippen LogP contribution in [0.3, 0.4) is 0 Å². The van der Waals surface area contributed by atoms with Gasteiger partial charge in [0.15, 0.2) is 11.5 Å². The molecule has 1 aromatic heterocycles. The maximum atomic E-state index is 13.1. The summed E-state index contributed by atoms with van der Waals surface area (Å²) >= 11 is 1.24. The number of alkyl halides is 2. The molecule has 1 aliphatic rings. The molecule has 0 aliphatic carbocycles. The molecule has 4 N–H and O–H groups in total. The molecule has 0 atom stereocenters. The summed E-state index contributed by atoms with van der Waals surface area (Å²) in [6.45, 7) is 0. The smallest absolute Gasteiger partial charge is 0.495 e. The van der Waals surface area contributed by atoms with Crippen molar-refractivity contribution >= 4 is 40.9 Å². The summed E-state index contributed by atoms with van der Waals surface area (Å²) < 4.78 is 40.2. The Bertz CT molecular complexity index is 1180. The molecule has 4 rings (SSSR count). The van der Waals surface area contributed by atoms with Crippen molar-refractivity contribution in [3.05, 3.63) is 48.3 Å². The number of rotatable bonds is 8. The lowest BCUT2D eigenvalue weighted by atomic mass is 10.3. The van der Waals surface area contributed by atoms with E-state index in [9.17, 15) is 13.6 Å². The standard InChI is InChI=1S/C20H18F2N6O4S/c1-30-13-5-3-2-4-12(13)25-19-27-16(26-18(23)28-19)9-33-10-17(29)24-11-6-7-14-15(8-11)32-20(21,22)31-14/h2-8H,9-10H2,1H3,(H,24,29)(H3,23,25,26,27,28).